The molecule has 1 atom stereocenters. The molecule has 6 heteroatoms. The molecule has 0 aliphatic rings. The van der Waals surface area contributed by atoms with E-state index in [9.17, 15) is 4.79 Å². The highest BCUT2D eigenvalue weighted by Gasteiger charge is 2.18. The Kier molecular flexibility index (Phi) is 4.80. The van der Waals surface area contributed by atoms with Crippen LogP contribution in [-0.2, 0) is 0 Å². The summed E-state index contributed by atoms with van der Waals surface area (Å²) in [6.45, 7) is 6.70. The minimum absolute atomic E-state index is 0.0808. The Balaban J connectivity index is 2.12. The molecule has 5 nitrogen and oxygen atoms in total. The van der Waals surface area contributed by atoms with E-state index in [0.717, 1.165) is 17.7 Å². The van der Waals surface area contributed by atoms with Crippen molar-refractivity contribution in [3.63, 3.8) is 0 Å². The van der Waals surface area contributed by atoms with Crippen molar-refractivity contribution < 1.29 is 4.79 Å². The molecule has 0 aliphatic carbocycles. The standard InChI is InChI=1S/C15H20N4OS/c1-4-17-15-19-13(16)12(21-15)14(20)18-10(3)11-8-6-5-7-9(11)2/h5-8,10H,4,16H2,1-3H3,(H,17,19)(H,18,20). The zero-order valence-corrected chi connectivity index (χ0v) is 13.3. The summed E-state index contributed by atoms with van der Waals surface area (Å²) in [6.07, 6.45) is 0. The average molecular weight is 304 g/mol. The quantitative estimate of drug-likeness (QED) is 0.793. The topological polar surface area (TPSA) is 80.0 Å². The summed E-state index contributed by atoms with van der Waals surface area (Å²) in [5.41, 5.74) is 8.06. The molecule has 1 unspecified atom stereocenters. The zero-order valence-electron chi connectivity index (χ0n) is 12.4. The van der Waals surface area contributed by atoms with Gasteiger partial charge in [-0.2, -0.15) is 0 Å². The number of aromatic nitrogens is 1. The number of anilines is 2. The van der Waals surface area contributed by atoms with Crippen LogP contribution in [0.2, 0.25) is 0 Å². The summed E-state index contributed by atoms with van der Waals surface area (Å²) in [6, 6.07) is 7.91. The van der Waals surface area contributed by atoms with Crippen LogP contribution in [0, 0.1) is 6.92 Å². The number of aryl methyl sites for hydroxylation is 1. The van der Waals surface area contributed by atoms with E-state index >= 15 is 0 Å². The smallest absolute Gasteiger partial charge is 0.265 e. The maximum atomic E-state index is 12.3. The van der Waals surface area contributed by atoms with E-state index < -0.39 is 0 Å². The molecule has 2 aromatic rings. The number of amides is 1. The van der Waals surface area contributed by atoms with Crippen LogP contribution < -0.4 is 16.4 Å². The van der Waals surface area contributed by atoms with Gasteiger partial charge in [0.2, 0.25) is 0 Å². The summed E-state index contributed by atoms with van der Waals surface area (Å²) >= 11 is 1.27. The lowest BCUT2D eigenvalue weighted by Gasteiger charge is -2.16. The van der Waals surface area contributed by atoms with Gasteiger partial charge in [0.1, 0.15) is 10.7 Å². The van der Waals surface area contributed by atoms with E-state index in [-0.39, 0.29) is 17.8 Å². The number of hydrogen-bond acceptors (Lipinski definition) is 5. The summed E-state index contributed by atoms with van der Waals surface area (Å²) in [5.74, 6) is 0.0790. The van der Waals surface area contributed by atoms with Crippen molar-refractivity contribution in [2.45, 2.75) is 26.8 Å². The normalized spacial score (nSPS) is 12.0. The van der Waals surface area contributed by atoms with Gasteiger partial charge in [0.05, 0.1) is 6.04 Å². The Morgan fingerprint density at radius 2 is 2.14 bits per heavy atom. The Morgan fingerprint density at radius 1 is 1.43 bits per heavy atom. The number of benzene rings is 1. The van der Waals surface area contributed by atoms with Crippen molar-refractivity contribution in [1.82, 2.24) is 10.3 Å². The number of nitrogens with one attached hydrogen (secondary N) is 2. The molecule has 2 rings (SSSR count). The van der Waals surface area contributed by atoms with Crippen molar-refractivity contribution in [2.24, 2.45) is 0 Å². The summed E-state index contributed by atoms with van der Waals surface area (Å²) in [4.78, 5) is 16.9. The second kappa shape index (κ2) is 6.58. The van der Waals surface area contributed by atoms with Crippen LogP contribution in [0.4, 0.5) is 10.9 Å². The number of carbonyl (C=O) groups is 1. The van der Waals surface area contributed by atoms with Crippen LogP contribution in [0.3, 0.4) is 0 Å². The number of carbonyl (C=O) groups excluding carboxylic acids is 1. The number of hydrogen-bond donors (Lipinski definition) is 3. The van der Waals surface area contributed by atoms with E-state index in [1.54, 1.807) is 0 Å². The van der Waals surface area contributed by atoms with Crippen LogP contribution in [-0.4, -0.2) is 17.4 Å². The third-order valence-electron chi connectivity index (χ3n) is 3.19. The molecule has 1 aromatic carbocycles. The molecule has 0 bridgehead atoms. The fourth-order valence-electron chi connectivity index (χ4n) is 2.13. The minimum Gasteiger partial charge on any atom is -0.382 e. The first kappa shape index (κ1) is 15.3. The van der Waals surface area contributed by atoms with E-state index in [4.69, 9.17) is 5.73 Å². The third kappa shape index (κ3) is 3.52. The predicted octanol–water partition coefficient (Wildman–Crippen LogP) is 2.96. The first-order valence-electron chi connectivity index (χ1n) is 6.89. The fraction of sp³-hybridized carbons (Fsp3) is 0.333. The first-order chi connectivity index (χ1) is 10.0. The molecule has 0 saturated heterocycles. The molecular formula is C15H20N4OS. The van der Waals surface area contributed by atoms with Crippen molar-refractivity contribution >= 4 is 28.2 Å². The van der Waals surface area contributed by atoms with Gasteiger partial charge in [0, 0.05) is 6.54 Å². The Hall–Kier alpha value is -2.08. The van der Waals surface area contributed by atoms with Crippen LogP contribution in [0.5, 0.6) is 0 Å². The Bertz CT molecular complexity index is 638. The number of rotatable bonds is 5. The summed E-state index contributed by atoms with van der Waals surface area (Å²) in [5, 5.41) is 6.71. The molecule has 21 heavy (non-hydrogen) atoms. The fourth-order valence-corrected chi connectivity index (χ4v) is 2.99. The van der Waals surface area contributed by atoms with Gasteiger partial charge in [-0.3, -0.25) is 4.79 Å². The lowest BCUT2D eigenvalue weighted by molar-refractivity contribution is 0.0944. The summed E-state index contributed by atoms with van der Waals surface area (Å²) in [7, 11) is 0. The molecule has 0 spiro atoms. The highest BCUT2D eigenvalue weighted by molar-refractivity contribution is 7.18. The molecule has 0 radical (unpaired) electrons. The maximum absolute atomic E-state index is 12.3. The summed E-state index contributed by atoms with van der Waals surface area (Å²) < 4.78 is 0. The number of nitrogen functional groups attached to an aromatic ring is 1. The first-order valence-corrected chi connectivity index (χ1v) is 7.71. The predicted molar refractivity (Wildman–Crippen MR) is 87.8 cm³/mol. The van der Waals surface area contributed by atoms with Crippen LogP contribution >= 0.6 is 11.3 Å². The largest absolute Gasteiger partial charge is 0.382 e. The van der Waals surface area contributed by atoms with E-state index in [1.165, 1.54) is 11.3 Å². The maximum Gasteiger partial charge on any atom is 0.265 e. The van der Waals surface area contributed by atoms with Crippen LogP contribution in [0.15, 0.2) is 24.3 Å². The van der Waals surface area contributed by atoms with Crippen molar-refractivity contribution in [2.75, 3.05) is 17.6 Å². The molecule has 0 saturated carbocycles. The second-order valence-electron chi connectivity index (χ2n) is 4.82. The van der Waals surface area contributed by atoms with Gasteiger partial charge >= 0.3 is 0 Å². The van der Waals surface area contributed by atoms with Crippen LogP contribution in [0.25, 0.3) is 0 Å². The monoisotopic (exact) mass is 304 g/mol. The second-order valence-corrected chi connectivity index (χ2v) is 5.81. The van der Waals surface area contributed by atoms with E-state index in [2.05, 4.69) is 15.6 Å². The number of nitrogens with two attached hydrogens (primary N) is 1. The molecule has 0 aliphatic heterocycles. The Labute approximate surface area is 128 Å². The molecule has 0 fully saturated rings. The minimum atomic E-state index is -0.190. The van der Waals surface area contributed by atoms with Crippen molar-refractivity contribution in [3.05, 3.63) is 40.3 Å². The molecule has 112 valence electrons. The highest BCUT2D eigenvalue weighted by Crippen LogP contribution is 2.26. The lowest BCUT2D eigenvalue weighted by Crippen LogP contribution is -2.27. The molecule has 1 aromatic heterocycles. The van der Waals surface area contributed by atoms with Gasteiger partial charge in [-0.1, -0.05) is 35.6 Å². The molecule has 1 heterocycles. The third-order valence-corrected chi connectivity index (χ3v) is 4.22. The van der Waals surface area contributed by atoms with Gasteiger partial charge in [-0.25, -0.2) is 4.98 Å². The van der Waals surface area contributed by atoms with Gasteiger partial charge in [0.25, 0.3) is 5.91 Å². The SMILES string of the molecule is CCNc1nc(N)c(C(=O)NC(C)c2ccccc2C)s1. The van der Waals surface area contributed by atoms with Gasteiger partial charge in [0.15, 0.2) is 5.13 Å². The molecular weight excluding hydrogens is 284 g/mol. The highest BCUT2D eigenvalue weighted by atomic mass is 32.1. The van der Waals surface area contributed by atoms with Crippen molar-refractivity contribution in [3.8, 4) is 0 Å². The van der Waals surface area contributed by atoms with Gasteiger partial charge in [-0.05, 0) is 31.9 Å². The average Bonchev–Trinajstić information content (AvgIpc) is 2.80. The molecule has 4 N–H and O–H groups in total. The number of nitrogens with zero attached hydrogens (tertiary/aromatic N) is 1. The van der Waals surface area contributed by atoms with E-state index in [0.29, 0.717) is 10.0 Å². The van der Waals surface area contributed by atoms with E-state index in [1.807, 2.05) is 45.0 Å². The Morgan fingerprint density at radius 3 is 2.81 bits per heavy atom. The van der Waals surface area contributed by atoms with Crippen molar-refractivity contribution in [1.29, 1.82) is 0 Å². The zero-order chi connectivity index (χ0) is 15.4. The van der Waals surface area contributed by atoms with Crippen LogP contribution in [0.1, 0.15) is 40.7 Å². The number of thiazole rings is 1. The lowest BCUT2D eigenvalue weighted by atomic mass is 10.0. The molecule has 1 amide bonds. The van der Waals surface area contributed by atoms with Gasteiger partial charge in [-0.15, -0.1) is 0 Å². The van der Waals surface area contributed by atoms with Gasteiger partial charge < -0.3 is 16.4 Å².